The van der Waals surface area contributed by atoms with Crippen LogP contribution in [0.25, 0.3) is 5.57 Å². The van der Waals surface area contributed by atoms with Gasteiger partial charge in [-0.25, -0.2) is 4.99 Å². The van der Waals surface area contributed by atoms with Crippen LogP contribution in [0.1, 0.15) is 38.0 Å². The Hall–Kier alpha value is -1.69. The highest BCUT2D eigenvalue weighted by Gasteiger charge is 2.16. The first kappa shape index (κ1) is 10.8. The number of allylic oxidation sites excluding steroid dienone is 2. The van der Waals surface area contributed by atoms with Crippen molar-refractivity contribution in [2.24, 2.45) is 4.99 Å². The molecular formula is C10H14N4O2. The van der Waals surface area contributed by atoms with Crippen molar-refractivity contribution in [3.05, 3.63) is 17.9 Å². The van der Waals surface area contributed by atoms with Gasteiger partial charge in [0, 0.05) is 5.57 Å². The van der Waals surface area contributed by atoms with Crippen LogP contribution >= 0.6 is 0 Å². The summed E-state index contributed by atoms with van der Waals surface area (Å²) in [6.45, 7) is 0. The zero-order valence-corrected chi connectivity index (χ0v) is 8.89. The molecule has 16 heavy (non-hydrogen) atoms. The van der Waals surface area contributed by atoms with E-state index in [9.17, 15) is 0 Å². The van der Waals surface area contributed by atoms with Crippen molar-refractivity contribution in [3.63, 3.8) is 0 Å². The number of nitrogens with zero attached hydrogens (tertiary/aromatic N) is 3. The SMILES string of the molecule is ONC=NC1=C(c2ncno2)CCCCC1. The Balaban J connectivity index is 2.31. The van der Waals surface area contributed by atoms with Gasteiger partial charge in [0.05, 0.1) is 5.70 Å². The molecule has 0 radical (unpaired) electrons. The lowest BCUT2D eigenvalue weighted by Gasteiger charge is -2.03. The zero-order chi connectivity index (χ0) is 11.2. The normalized spacial score (nSPS) is 17.8. The minimum absolute atomic E-state index is 0.534. The van der Waals surface area contributed by atoms with Crippen LogP contribution in [0.2, 0.25) is 0 Å². The maximum atomic E-state index is 8.51. The number of aliphatic imine (C=N–C) groups is 1. The van der Waals surface area contributed by atoms with Crippen LogP contribution in [0.4, 0.5) is 0 Å². The molecule has 6 nitrogen and oxygen atoms in total. The second-order valence-corrected chi connectivity index (χ2v) is 3.62. The van der Waals surface area contributed by atoms with E-state index in [2.05, 4.69) is 15.1 Å². The number of nitrogens with one attached hydrogen (secondary N) is 1. The highest BCUT2D eigenvalue weighted by atomic mass is 16.5. The first-order chi connectivity index (χ1) is 7.92. The van der Waals surface area contributed by atoms with Crippen LogP contribution in [0, 0.1) is 0 Å². The predicted octanol–water partition coefficient (Wildman–Crippen LogP) is 1.75. The van der Waals surface area contributed by atoms with Crippen LogP contribution < -0.4 is 5.48 Å². The standard InChI is InChI=1S/C10H14N4O2/c15-13-6-11-9-5-3-1-2-4-8(9)10-12-7-14-16-10/h6-7,15H,1-5H2,(H,11,13). The molecule has 0 aromatic carbocycles. The molecule has 6 heteroatoms. The van der Waals surface area contributed by atoms with Crippen molar-refractivity contribution < 1.29 is 9.73 Å². The van der Waals surface area contributed by atoms with Gasteiger partial charge in [-0.3, -0.25) is 10.7 Å². The molecule has 0 saturated carbocycles. The number of rotatable bonds is 3. The van der Waals surface area contributed by atoms with E-state index in [0.717, 1.165) is 37.0 Å². The molecule has 2 N–H and O–H groups in total. The number of hydrogen-bond donors (Lipinski definition) is 2. The molecule has 0 atom stereocenters. The van der Waals surface area contributed by atoms with Crippen LogP contribution in [-0.2, 0) is 0 Å². The van der Waals surface area contributed by atoms with Gasteiger partial charge in [-0.05, 0) is 25.7 Å². The van der Waals surface area contributed by atoms with E-state index in [0.29, 0.717) is 5.89 Å². The van der Waals surface area contributed by atoms with E-state index in [4.69, 9.17) is 9.73 Å². The van der Waals surface area contributed by atoms with Crippen molar-refractivity contribution in [1.82, 2.24) is 15.6 Å². The molecule has 0 spiro atoms. The summed E-state index contributed by atoms with van der Waals surface area (Å²) < 4.78 is 5.06. The summed E-state index contributed by atoms with van der Waals surface area (Å²) in [6.07, 6.45) is 7.77. The molecule has 1 aromatic rings. The molecule has 2 rings (SSSR count). The summed E-state index contributed by atoms with van der Waals surface area (Å²) in [6, 6.07) is 0. The number of hydrogen-bond acceptors (Lipinski definition) is 5. The molecule has 0 bridgehead atoms. The van der Waals surface area contributed by atoms with Crippen molar-refractivity contribution >= 4 is 11.9 Å². The molecule has 0 saturated heterocycles. The number of aromatic nitrogens is 2. The summed E-state index contributed by atoms with van der Waals surface area (Å²) in [5.74, 6) is 0.534. The maximum absolute atomic E-state index is 8.51. The molecule has 0 amide bonds. The summed E-state index contributed by atoms with van der Waals surface area (Å²) in [5, 5.41) is 12.1. The molecule has 86 valence electrons. The maximum Gasteiger partial charge on any atom is 0.255 e. The third kappa shape index (κ3) is 2.46. The van der Waals surface area contributed by atoms with Gasteiger partial charge in [-0.15, -0.1) is 0 Å². The largest absolute Gasteiger partial charge is 0.335 e. The van der Waals surface area contributed by atoms with Crippen molar-refractivity contribution in [3.8, 4) is 0 Å². The Bertz CT molecular complexity index is 384. The second kappa shape index (κ2) is 5.41. The van der Waals surface area contributed by atoms with Gasteiger partial charge in [-0.2, -0.15) is 4.98 Å². The zero-order valence-electron chi connectivity index (χ0n) is 8.89. The second-order valence-electron chi connectivity index (χ2n) is 3.62. The Morgan fingerprint density at radius 1 is 1.38 bits per heavy atom. The van der Waals surface area contributed by atoms with Gasteiger partial charge in [0.25, 0.3) is 5.89 Å². The van der Waals surface area contributed by atoms with E-state index >= 15 is 0 Å². The smallest absolute Gasteiger partial charge is 0.255 e. The Morgan fingerprint density at radius 3 is 3.00 bits per heavy atom. The predicted molar refractivity (Wildman–Crippen MR) is 57.7 cm³/mol. The van der Waals surface area contributed by atoms with E-state index in [-0.39, 0.29) is 0 Å². The Labute approximate surface area is 93.0 Å². The van der Waals surface area contributed by atoms with E-state index in [1.54, 1.807) is 0 Å². The first-order valence-electron chi connectivity index (χ1n) is 5.33. The van der Waals surface area contributed by atoms with Gasteiger partial charge in [0.15, 0.2) is 6.33 Å². The van der Waals surface area contributed by atoms with Crippen LogP contribution in [0.3, 0.4) is 0 Å². The lowest BCUT2D eigenvalue weighted by atomic mass is 10.1. The minimum Gasteiger partial charge on any atom is -0.335 e. The van der Waals surface area contributed by atoms with Gasteiger partial charge >= 0.3 is 0 Å². The fourth-order valence-corrected chi connectivity index (χ4v) is 1.85. The Kier molecular flexibility index (Phi) is 3.66. The van der Waals surface area contributed by atoms with Gasteiger partial charge < -0.3 is 4.52 Å². The monoisotopic (exact) mass is 222 g/mol. The van der Waals surface area contributed by atoms with Crippen molar-refractivity contribution in [1.29, 1.82) is 0 Å². The quantitative estimate of drug-likeness (QED) is 0.462. The third-order valence-electron chi connectivity index (χ3n) is 2.59. The lowest BCUT2D eigenvalue weighted by molar-refractivity contribution is 0.239. The molecular weight excluding hydrogens is 208 g/mol. The highest BCUT2D eigenvalue weighted by molar-refractivity contribution is 5.66. The van der Waals surface area contributed by atoms with Crippen LogP contribution in [-0.4, -0.2) is 21.7 Å². The lowest BCUT2D eigenvalue weighted by Crippen LogP contribution is -2.02. The highest BCUT2D eigenvalue weighted by Crippen LogP contribution is 2.30. The first-order valence-corrected chi connectivity index (χ1v) is 5.33. The van der Waals surface area contributed by atoms with Crippen molar-refractivity contribution in [2.45, 2.75) is 32.1 Å². The fourth-order valence-electron chi connectivity index (χ4n) is 1.85. The number of hydroxylamine groups is 1. The molecule has 1 aromatic heterocycles. The summed E-state index contributed by atoms with van der Waals surface area (Å²) in [5.41, 5.74) is 3.80. The topological polar surface area (TPSA) is 83.5 Å². The van der Waals surface area contributed by atoms with Crippen LogP contribution in [0.5, 0.6) is 0 Å². The fraction of sp³-hybridized carbons (Fsp3) is 0.500. The molecule has 0 aliphatic heterocycles. The third-order valence-corrected chi connectivity index (χ3v) is 2.59. The van der Waals surface area contributed by atoms with Crippen molar-refractivity contribution in [2.75, 3.05) is 0 Å². The summed E-state index contributed by atoms with van der Waals surface area (Å²) in [7, 11) is 0. The minimum atomic E-state index is 0.534. The average Bonchev–Trinajstić information content (AvgIpc) is 2.73. The van der Waals surface area contributed by atoms with Gasteiger partial charge in [-0.1, -0.05) is 11.6 Å². The molecule has 1 heterocycles. The average molecular weight is 222 g/mol. The molecule has 1 aliphatic carbocycles. The van der Waals surface area contributed by atoms with E-state index in [1.807, 2.05) is 5.48 Å². The summed E-state index contributed by atoms with van der Waals surface area (Å²) >= 11 is 0. The molecule has 0 unspecified atom stereocenters. The van der Waals surface area contributed by atoms with Gasteiger partial charge in [0.2, 0.25) is 0 Å². The van der Waals surface area contributed by atoms with Crippen LogP contribution in [0.15, 0.2) is 21.5 Å². The molecule has 1 aliphatic rings. The van der Waals surface area contributed by atoms with Gasteiger partial charge in [0.1, 0.15) is 6.34 Å². The van der Waals surface area contributed by atoms with E-state index < -0.39 is 0 Å². The summed E-state index contributed by atoms with van der Waals surface area (Å²) in [4.78, 5) is 8.21. The van der Waals surface area contributed by atoms with E-state index in [1.165, 1.54) is 19.1 Å². The molecule has 0 fully saturated rings. The Morgan fingerprint density at radius 2 is 2.25 bits per heavy atom.